The molecule has 0 aliphatic carbocycles. The second kappa shape index (κ2) is 3.67. The van der Waals surface area contributed by atoms with E-state index in [1.807, 2.05) is 11.8 Å². The first-order valence-corrected chi connectivity index (χ1v) is 5.72. The topological polar surface area (TPSA) is 41.6 Å². The summed E-state index contributed by atoms with van der Waals surface area (Å²) in [7, 11) is 0. The number of fused-ring (bicyclic) bond motifs is 1. The SMILES string of the molecule is CCOC(=O)N1CC2CNCC2C1(C)C. The summed E-state index contributed by atoms with van der Waals surface area (Å²) in [4.78, 5) is 13.7. The Kier molecular flexibility index (Phi) is 2.63. The number of rotatable bonds is 1. The van der Waals surface area contributed by atoms with Crippen molar-refractivity contribution in [3.05, 3.63) is 0 Å². The Morgan fingerprint density at radius 3 is 2.87 bits per heavy atom. The van der Waals surface area contributed by atoms with Gasteiger partial charge in [0.2, 0.25) is 0 Å². The number of carbonyl (C=O) groups excluding carboxylic acids is 1. The molecule has 1 N–H and O–H groups in total. The van der Waals surface area contributed by atoms with Crippen LogP contribution in [0.3, 0.4) is 0 Å². The molecule has 0 spiro atoms. The number of likely N-dealkylation sites (tertiary alicyclic amines) is 1. The molecule has 2 fully saturated rings. The lowest BCUT2D eigenvalue weighted by Gasteiger charge is -2.34. The third kappa shape index (κ3) is 1.61. The van der Waals surface area contributed by atoms with E-state index in [1.54, 1.807) is 0 Å². The van der Waals surface area contributed by atoms with Gasteiger partial charge in [-0.15, -0.1) is 0 Å². The van der Waals surface area contributed by atoms with E-state index in [0.717, 1.165) is 19.6 Å². The summed E-state index contributed by atoms with van der Waals surface area (Å²) in [5.41, 5.74) is -0.0690. The second-order valence-electron chi connectivity index (χ2n) is 4.99. The molecule has 86 valence electrons. The molecular formula is C11H20N2O2. The predicted molar refractivity (Wildman–Crippen MR) is 57.7 cm³/mol. The highest BCUT2D eigenvalue weighted by Gasteiger charge is 2.51. The van der Waals surface area contributed by atoms with Crippen LogP contribution in [-0.4, -0.2) is 42.8 Å². The fourth-order valence-corrected chi connectivity index (χ4v) is 2.93. The largest absolute Gasteiger partial charge is 0.450 e. The maximum absolute atomic E-state index is 11.8. The molecule has 2 unspecified atom stereocenters. The summed E-state index contributed by atoms with van der Waals surface area (Å²) in [6.45, 7) is 9.48. The summed E-state index contributed by atoms with van der Waals surface area (Å²) in [6, 6.07) is 0. The third-order valence-electron chi connectivity index (χ3n) is 3.85. The predicted octanol–water partition coefficient (Wildman–Crippen LogP) is 1.07. The van der Waals surface area contributed by atoms with Gasteiger partial charge in [0.15, 0.2) is 0 Å². The molecule has 2 heterocycles. The van der Waals surface area contributed by atoms with Gasteiger partial charge in [-0.25, -0.2) is 4.79 Å². The van der Waals surface area contributed by atoms with E-state index in [4.69, 9.17) is 4.74 Å². The molecule has 0 aromatic heterocycles. The van der Waals surface area contributed by atoms with E-state index < -0.39 is 0 Å². The van der Waals surface area contributed by atoms with E-state index in [-0.39, 0.29) is 11.6 Å². The van der Waals surface area contributed by atoms with Crippen LogP contribution in [0.2, 0.25) is 0 Å². The van der Waals surface area contributed by atoms with Crippen LogP contribution >= 0.6 is 0 Å². The molecule has 0 aromatic carbocycles. The minimum Gasteiger partial charge on any atom is -0.450 e. The lowest BCUT2D eigenvalue weighted by molar-refractivity contribution is 0.0748. The van der Waals surface area contributed by atoms with Gasteiger partial charge in [-0.1, -0.05) is 0 Å². The quantitative estimate of drug-likeness (QED) is 0.707. The van der Waals surface area contributed by atoms with E-state index in [1.165, 1.54) is 0 Å². The van der Waals surface area contributed by atoms with Crippen molar-refractivity contribution < 1.29 is 9.53 Å². The highest BCUT2D eigenvalue weighted by atomic mass is 16.6. The van der Waals surface area contributed by atoms with Gasteiger partial charge in [0.05, 0.1) is 6.61 Å². The van der Waals surface area contributed by atoms with Crippen molar-refractivity contribution in [1.29, 1.82) is 0 Å². The molecule has 2 atom stereocenters. The standard InChI is InChI=1S/C11H20N2O2/c1-4-15-10(14)13-7-8-5-12-6-9(8)11(13,2)3/h8-9,12H,4-7H2,1-3H3. The van der Waals surface area contributed by atoms with Gasteiger partial charge >= 0.3 is 6.09 Å². The Hall–Kier alpha value is -0.770. The number of hydrogen-bond acceptors (Lipinski definition) is 3. The van der Waals surface area contributed by atoms with Crippen LogP contribution in [-0.2, 0) is 4.74 Å². The summed E-state index contributed by atoms with van der Waals surface area (Å²) < 4.78 is 5.09. The Morgan fingerprint density at radius 2 is 2.27 bits per heavy atom. The van der Waals surface area contributed by atoms with Crippen molar-refractivity contribution in [2.45, 2.75) is 26.3 Å². The van der Waals surface area contributed by atoms with Crippen molar-refractivity contribution in [1.82, 2.24) is 10.2 Å². The molecule has 0 radical (unpaired) electrons. The highest BCUT2D eigenvalue weighted by Crippen LogP contribution is 2.40. The van der Waals surface area contributed by atoms with Crippen molar-refractivity contribution >= 4 is 6.09 Å². The summed E-state index contributed by atoms with van der Waals surface area (Å²) >= 11 is 0. The van der Waals surface area contributed by atoms with Crippen molar-refractivity contribution in [2.75, 3.05) is 26.2 Å². The van der Waals surface area contributed by atoms with Crippen LogP contribution in [0.4, 0.5) is 4.79 Å². The van der Waals surface area contributed by atoms with E-state index in [2.05, 4.69) is 19.2 Å². The molecule has 2 saturated heterocycles. The van der Waals surface area contributed by atoms with Gasteiger partial charge in [-0.05, 0) is 32.6 Å². The van der Waals surface area contributed by atoms with Gasteiger partial charge in [-0.3, -0.25) is 0 Å². The summed E-state index contributed by atoms with van der Waals surface area (Å²) in [5.74, 6) is 1.17. The molecule has 0 aromatic rings. The molecular weight excluding hydrogens is 192 g/mol. The number of amides is 1. The van der Waals surface area contributed by atoms with E-state index in [0.29, 0.717) is 18.4 Å². The smallest absolute Gasteiger partial charge is 0.410 e. The van der Waals surface area contributed by atoms with Gasteiger partial charge in [0, 0.05) is 25.2 Å². The average molecular weight is 212 g/mol. The first kappa shape index (κ1) is 10.7. The van der Waals surface area contributed by atoms with Gasteiger partial charge in [0.25, 0.3) is 0 Å². The molecule has 1 amide bonds. The van der Waals surface area contributed by atoms with Gasteiger partial charge in [-0.2, -0.15) is 0 Å². The molecule has 0 saturated carbocycles. The highest BCUT2D eigenvalue weighted by molar-refractivity contribution is 5.69. The first-order chi connectivity index (χ1) is 7.07. The van der Waals surface area contributed by atoms with Crippen molar-refractivity contribution in [3.63, 3.8) is 0 Å². The average Bonchev–Trinajstić information content (AvgIpc) is 2.69. The van der Waals surface area contributed by atoms with Crippen LogP contribution in [0.5, 0.6) is 0 Å². The minimum absolute atomic E-state index is 0.0690. The van der Waals surface area contributed by atoms with Gasteiger partial charge < -0.3 is 15.0 Å². The zero-order valence-corrected chi connectivity index (χ0v) is 9.75. The van der Waals surface area contributed by atoms with Gasteiger partial charge in [0.1, 0.15) is 0 Å². The normalized spacial score (nSPS) is 32.9. The molecule has 4 heteroatoms. The minimum atomic E-state index is -0.156. The number of hydrogen-bond donors (Lipinski definition) is 1. The maximum Gasteiger partial charge on any atom is 0.410 e. The number of ether oxygens (including phenoxy) is 1. The van der Waals surface area contributed by atoms with E-state index in [9.17, 15) is 4.79 Å². The fourth-order valence-electron chi connectivity index (χ4n) is 2.93. The number of nitrogens with one attached hydrogen (secondary N) is 1. The van der Waals surface area contributed by atoms with Crippen molar-refractivity contribution in [2.24, 2.45) is 11.8 Å². The number of carbonyl (C=O) groups is 1. The fraction of sp³-hybridized carbons (Fsp3) is 0.909. The Morgan fingerprint density at radius 1 is 1.53 bits per heavy atom. The first-order valence-electron chi connectivity index (χ1n) is 5.72. The lowest BCUT2D eigenvalue weighted by atomic mass is 9.85. The molecule has 2 aliphatic heterocycles. The zero-order valence-electron chi connectivity index (χ0n) is 9.75. The van der Waals surface area contributed by atoms with E-state index >= 15 is 0 Å². The van der Waals surface area contributed by atoms with Crippen molar-refractivity contribution in [3.8, 4) is 0 Å². The molecule has 15 heavy (non-hydrogen) atoms. The zero-order chi connectivity index (χ0) is 11.1. The van der Waals surface area contributed by atoms with Crippen LogP contribution in [0.25, 0.3) is 0 Å². The number of nitrogens with zero attached hydrogens (tertiary/aromatic N) is 1. The Labute approximate surface area is 91.0 Å². The summed E-state index contributed by atoms with van der Waals surface area (Å²) in [6.07, 6.45) is -0.156. The third-order valence-corrected chi connectivity index (χ3v) is 3.85. The summed E-state index contributed by atoms with van der Waals surface area (Å²) in [5, 5.41) is 3.39. The van der Waals surface area contributed by atoms with Crippen LogP contribution in [0.1, 0.15) is 20.8 Å². The van der Waals surface area contributed by atoms with Crippen LogP contribution in [0, 0.1) is 11.8 Å². The lowest BCUT2D eigenvalue weighted by Crippen LogP contribution is -2.47. The maximum atomic E-state index is 11.8. The molecule has 4 nitrogen and oxygen atoms in total. The second-order valence-corrected chi connectivity index (χ2v) is 4.99. The van der Waals surface area contributed by atoms with Crippen LogP contribution in [0.15, 0.2) is 0 Å². The van der Waals surface area contributed by atoms with Crippen LogP contribution < -0.4 is 5.32 Å². The monoisotopic (exact) mass is 212 g/mol. The Balaban J connectivity index is 2.11. The molecule has 2 aliphatic rings. The molecule has 2 rings (SSSR count). The Bertz CT molecular complexity index is 265. The molecule has 0 bridgehead atoms.